The number of rotatable bonds is 8. The first-order valence-corrected chi connectivity index (χ1v) is 10.8. The predicted molar refractivity (Wildman–Crippen MR) is 129 cm³/mol. The van der Waals surface area contributed by atoms with Gasteiger partial charge in [0.15, 0.2) is 23.9 Å². The van der Waals surface area contributed by atoms with E-state index >= 15 is 0 Å². The van der Waals surface area contributed by atoms with Crippen molar-refractivity contribution in [1.82, 2.24) is 5.43 Å². The Balaban J connectivity index is 1.50. The van der Waals surface area contributed by atoms with Gasteiger partial charge in [0.1, 0.15) is 5.58 Å². The molecule has 0 saturated heterocycles. The first-order chi connectivity index (χ1) is 16.5. The number of methoxy groups -OCH3 is 1. The largest absolute Gasteiger partial charge is 0.490 e. The molecule has 1 aromatic heterocycles. The van der Waals surface area contributed by atoms with Crippen LogP contribution in [0, 0.1) is 0 Å². The van der Waals surface area contributed by atoms with Crippen LogP contribution in [0.3, 0.4) is 0 Å². The summed E-state index contributed by atoms with van der Waals surface area (Å²) in [5, 5.41) is 7.12. The van der Waals surface area contributed by atoms with Crippen LogP contribution in [0.2, 0.25) is 5.02 Å². The normalized spacial score (nSPS) is 11.1. The lowest BCUT2D eigenvalue weighted by molar-refractivity contribution is -0.142. The van der Waals surface area contributed by atoms with Crippen LogP contribution in [0.5, 0.6) is 11.5 Å². The quantitative estimate of drug-likeness (QED) is 0.217. The third kappa shape index (κ3) is 4.97. The minimum Gasteiger partial charge on any atom is -0.490 e. The monoisotopic (exact) mass is 480 g/mol. The molecule has 0 saturated carbocycles. The summed E-state index contributed by atoms with van der Waals surface area (Å²) >= 11 is 6.31. The fourth-order valence-electron chi connectivity index (χ4n) is 3.38. The summed E-state index contributed by atoms with van der Waals surface area (Å²) < 4.78 is 21.3. The van der Waals surface area contributed by atoms with Gasteiger partial charge in [0.2, 0.25) is 0 Å². The van der Waals surface area contributed by atoms with E-state index in [4.69, 9.17) is 25.5 Å². The first kappa shape index (κ1) is 23.1. The fourth-order valence-corrected chi connectivity index (χ4v) is 3.65. The van der Waals surface area contributed by atoms with Gasteiger partial charge in [0.05, 0.1) is 25.0 Å². The van der Waals surface area contributed by atoms with Gasteiger partial charge in [-0.15, -0.1) is 0 Å². The molecule has 0 aliphatic rings. The average molecular weight is 481 g/mol. The summed E-state index contributed by atoms with van der Waals surface area (Å²) in [5.74, 6) is -0.361. The molecule has 0 spiro atoms. The van der Waals surface area contributed by atoms with Gasteiger partial charge >= 0.3 is 11.9 Å². The van der Waals surface area contributed by atoms with E-state index in [1.807, 2.05) is 36.4 Å². The summed E-state index contributed by atoms with van der Waals surface area (Å²) in [7, 11) is 1.26. The number of hydrogen-bond acceptors (Lipinski definition) is 7. The Morgan fingerprint density at radius 2 is 1.91 bits per heavy atom. The number of benzene rings is 3. The van der Waals surface area contributed by atoms with E-state index in [9.17, 15) is 9.59 Å². The Bertz CT molecular complexity index is 1400. The minimum absolute atomic E-state index is 0.142. The highest BCUT2D eigenvalue weighted by molar-refractivity contribution is 6.32. The second-order valence-electron chi connectivity index (χ2n) is 7.14. The van der Waals surface area contributed by atoms with Crippen LogP contribution in [0.4, 0.5) is 0 Å². The molecule has 0 unspecified atom stereocenters. The van der Waals surface area contributed by atoms with Crippen LogP contribution >= 0.6 is 11.6 Å². The van der Waals surface area contributed by atoms with Gasteiger partial charge in [-0.1, -0.05) is 41.9 Å². The molecule has 0 aliphatic heterocycles. The van der Waals surface area contributed by atoms with Gasteiger partial charge in [0, 0.05) is 5.39 Å². The fraction of sp³-hybridized carbons (Fsp3) is 0.160. The van der Waals surface area contributed by atoms with E-state index in [1.165, 1.54) is 13.3 Å². The molecule has 4 rings (SSSR count). The van der Waals surface area contributed by atoms with Crippen molar-refractivity contribution in [3.63, 3.8) is 0 Å². The van der Waals surface area contributed by atoms with Gasteiger partial charge in [-0.2, -0.15) is 5.10 Å². The van der Waals surface area contributed by atoms with Crippen molar-refractivity contribution >= 4 is 51.4 Å². The number of hydrogen-bond donors (Lipinski definition) is 1. The molecule has 0 fully saturated rings. The number of furan rings is 1. The van der Waals surface area contributed by atoms with Crippen LogP contribution in [0.25, 0.3) is 21.7 Å². The maximum absolute atomic E-state index is 12.6. The number of esters is 1. The molecule has 0 radical (unpaired) electrons. The molecule has 1 heterocycles. The molecule has 8 nitrogen and oxygen atoms in total. The average Bonchev–Trinajstić information content (AvgIpc) is 3.28. The Hall–Kier alpha value is -4.04. The SMILES string of the molecule is CCOc1cc(C=NNC(=O)c2cc3c(ccc4ccccc43)o2)cc(Cl)c1OCC(=O)OC. The van der Waals surface area contributed by atoms with Gasteiger partial charge < -0.3 is 18.6 Å². The lowest BCUT2D eigenvalue weighted by atomic mass is 10.1. The van der Waals surface area contributed by atoms with E-state index in [0.717, 1.165) is 16.2 Å². The molecule has 1 N–H and O–H groups in total. The number of ether oxygens (including phenoxy) is 3. The number of amides is 1. The molecule has 1 amide bonds. The van der Waals surface area contributed by atoms with Gasteiger partial charge in [0.25, 0.3) is 0 Å². The highest BCUT2D eigenvalue weighted by Crippen LogP contribution is 2.36. The van der Waals surface area contributed by atoms with E-state index < -0.39 is 11.9 Å². The Morgan fingerprint density at radius 3 is 2.71 bits per heavy atom. The lowest BCUT2D eigenvalue weighted by Crippen LogP contribution is -2.16. The zero-order chi connectivity index (χ0) is 24.1. The number of fused-ring (bicyclic) bond motifs is 3. The van der Waals surface area contributed by atoms with Crippen molar-refractivity contribution < 1.29 is 28.2 Å². The molecule has 9 heteroatoms. The summed E-state index contributed by atoms with van der Waals surface area (Å²) in [5.41, 5.74) is 3.62. The van der Waals surface area contributed by atoms with Crippen LogP contribution < -0.4 is 14.9 Å². The van der Waals surface area contributed by atoms with Crippen LogP contribution in [0.15, 0.2) is 64.1 Å². The molecule has 174 valence electrons. The van der Waals surface area contributed by atoms with E-state index in [0.29, 0.717) is 23.5 Å². The highest BCUT2D eigenvalue weighted by atomic mass is 35.5. The number of carbonyl (C=O) groups excluding carboxylic acids is 2. The molecular weight excluding hydrogens is 460 g/mol. The molecule has 0 atom stereocenters. The second kappa shape index (κ2) is 10.3. The number of carbonyl (C=O) groups is 2. The van der Waals surface area contributed by atoms with Crippen molar-refractivity contribution in [1.29, 1.82) is 0 Å². The number of hydrazone groups is 1. The minimum atomic E-state index is -0.551. The molecular formula is C25H21ClN2O6. The summed E-state index contributed by atoms with van der Waals surface area (Å²) in [4.78, 5) is 24.0. The zero-order valence-corrected chi connectivity index (χ0v) is 19.2. The highest BCUT2D eigenvalue weighted by Gasteiger charge is 2.15. The number of nitrogens with zero attached hydrogens (tertiary/aromatic N) is 1. The van der Waals surface area contributed by atoms with Crippen LogP contribution in [0.1, 0.15) is 23.0 Å². The maximum Gasteiger partial charge on any atom is 0.343 e. The molecule has 3 aromatic carbocycles. The first-order valence-electron chi connectivity index (χ1n) is 10.4. The van der Waals surface area contributed by atoms with Crippen LogP contribution in [-0.4, -0.2) is 38.4 Å². The van der Waals surface area contributed by atoms with Crippen molar-refractivity contribution in [3.8, 4) is 11.5 Å². The lowest BCUT2D eigenvalue weighted by Gasteiger charge is -2.13. The maximum atomic E-state index is 12.6. The topological polar surface area (TPSA) is 99.4 Å². The molecule has 0 aliphatic carbocycles. The smallest absolute Gasteiger partial charge is 0.343 e. The molecule has 34 heavy (non-hydrogen) atoms. The summed E-state index contributed by atoms with van der Waals surface area (Å²) in [6.07, 6.45) is 1.41. The van der Waals surface area contributed by atoms with E-state index in [-0.39, 0.29) is 23.1 Å². The standard InChI is InChI=1S/C25H21ClN2O6/c1-3-32-21-11-15(10-19(26)24(21)33-14-23(29)31-2)13-27-28-25(30)22-12-18-17-7-5-4-6-16(17)8-9-20(18)34-22/h4-13H,3,14H2,1-2H3,(H,28,30). The van der Waals surface area contributed by atoms with Crippen molar-refractivity contribution in [2.45, 2.75) is 6.92 Å². The third-order valence-corrected chi connectivity index (χ3v) is 5.20. The second-order valence-corrected chi connectivity index (χ2v) is 7.54. The Labute approximate surface area is 200 Å². The molecule has 0 bridgehead atoms. The number of halogens is 1. The van der Waals surface area contributed by atoms with E-state index in [1.54, 1.807) is 25.1 Å². The van der Waals surface area contributed by atoms with Gasteiger partial charge in [-0.05, 0) is 47.5 Å². The summed E-state index contributed by atoms with van der Waals surface area (Å²) in [6.45, 7) is 1.84. The molecule has 4 aromatic rings. The van der Waals surface area contributed by atoms with Gasteiger partial charge in [-0.25, -0.2) is 10.2 Å². The van der Waals surface area contributed by atoms with Crippen molar-refractivity contribution in [2.75, 3.05) is 20.3 Å². The van der Waals surface area contributed by atoms with E-state index in [2.05, 4.69) is 15.3 Å². The third-order valence-electron chi connectivity index (χ3n) is 4.92. The summed E-state index contributed by atoms with van der Waals surface area (Å²) in [6, 6.07) is 16.5. The van der Waals surface area contributed by atoms with Crippen LogP contribution in [-0.2, 0) is 9.53 Å². The number of nitrogens with one attached hydrogen (secondary N) is 1. The Morgan fingerprint density at radius 1 is 1.09 bits per heavy atom. The Kier molecular flexibility index (Phi) is 6.98. The van der Waals surface area contributed by atoms with Crippen molar-refractivity contribution in [3.05, 3.63) is 70.9 Å². The predicted octanol–water partition coefficient (Wildman–Crippen LogP) is 4.95. The van der Waals surface area contributed by atoms with Gasteiger partial charge in [-0.3, -0.25) is 4.79 Å². The zero-order valence-electron chi connectivity index (χ0n) is 18.5. The van der Waals surface area contributed by atoms with Crippen molar-refractivity contribution in [2.24, 2.45) is 5.10 Å².